The van der Waals surface area contributed by atoms with Crippen molar-refractivity contribution in [3.63, 3.8) is 0 Å². The molecule has 5 nitrogen and oxygen atoms in total. The molecule has 0 unspecified atom stereocenters. The number of aliphatic imine (C=N–C) groups is 1. The molecule has 20 heavy (non-hydrogen) atoms. The van der Waals surface area contributed by atoms with Crippen LogP contribution in [-0.4, -0.2) is 34.7 Å². The number of rotatable bonds is 4. The lowest BCUT2D eigenvalue weighted by atomic mass is 10.2. The van der Waals surface area contributed by atoms with Gasteiger partial charge in [0.2, 0.25) is 0 Å². The molecule has 0 aliphatic rings. The number of guanidine groups is 1. The zero-order valence-corrected chi connectivity index (χ0v) is 12.2. The molecule has 2 rings (SSSR count). The van der Waals surface area contributed by atoms with Crippen molar-refractivity contribution in [2.45, 2.75) is 13.1 Å². The van der Waals surface area contributed by atoms with Crippen LogP contribution in [-0.2, 0) is 20.1 Å². The van der Waals surface area contributed by atoms with E-state index in [1.807, 2.05) is 32.6 Å². The molecule has 106 valence electrons. The summed E-state index contributed by atoms with van der Waals surface area (Å²) >= 11 is 0. The Bertz CT molecular complexity index is 559. The number of benzene rings is 1. The summed E-state index contributed by atoms with van der Waals surface area (Å²) in [6.07, 6.45) is 3.86. The zero-order valence-electron chi connectivity index (χ0n) is 12.2. The zero-order chi connectivity index (χ0) is 14.4. The fourth-order valence-electron chi connectivity index (χ4n) is 2.06. The molecular formula is C15H21N5. The van der Waals surface area contributed by atoms with Crippen LogP contribution < -0.4 is 5.32 Å². The Balaban J connectivity index is 1.91. The van der Waals surface area contributed by atoms with Gasteiger partial charge in [-0.3, -0.25) is 9.67 Å². The van der Waals surface area contributed by atoms with E-state index in [9.17, 15) is 0 Å². The van der Waals surface area contributed by atoms with Gasteiger partial charge in [-0.15, -0.1) is 0 Å². The summed E-state index contributed by atoms with van der Waals surface area (Å²) in [5.74, 6) is 0.873. The van der Waals surface area contributed by atoms with Gasteiger partial charge in [0.05, 0.1) is 6.20 Å². The van der Waals surface area contributed by atoms with E-state index in [0.717, 1.165) is 24.6 Å². The molecular weight excluding hydrogens is 250 g/mol. The van der Waals surface area contributed by atoms with E-state index in [4.69, 9.17) is 0 Å². The smallest absolute Gasteiger partial charge is 0.193 e. The van der Waals surface area contributed by atoms with Crippen molar-refractivity contribution in [3.8, 4) is 0 Å². The molecule has 1 N–H and O–H groups in total. The molecule has 1 aromatic carbocycles. The molecule has 1 heterocycles. The van der Waals surface area contributed by atoms with Crippen LogP contribution >= 0.6 is 0 Å². The first kappa shape index (κ1) is 14.1. The van der Waals surface area contributed by atoms with Crippen molar-refractivity contribution < 1.29 is 0 Å². The normalized spacial score (nSPS) is 11.4. The maximum atomic E-state index is 4.31. The summed E-state index contributed by atoms with van der Waals surface area (Å²) in [4.78, 5) is 6.41. The third-order valence-corrected chi connectivity index (χ3v) is 3.04. The molecule has 0 atom stereocenters. The highest BCUT2D eigenvalue weighted by atomic mass is 15.3. The second kappa shape index (κ2) is 6.75. The second-order valence-corrected chi connectivity index (χ2v) is 4.76. The molecule has 0 amide bonds. The van der Waals surface area contributed by atoms with E-state index in [0.29, 0.717) is 0 Å². The van der Waals surface area contributed by atoms with Crippen LogP contribution in [0.3, 0.4) is 0 Å². The van der Waals surface area contributed by atoms with Gasteiger partial charge < -0.3 is 10.2 Å². The quantitative estimate of drug-likeness (QED) is 0.679. The summed E-state index contributed by atoms with van der Waals surface area (Å²) in [5, 5.41) is 7.50. The summed E-state index contributed by atoms with van der Waals surface area (Å²) < 4.78 is 1.80. The molecule has 2 aromatic rings. The number of aromatic nitrogens is 2. The van der Waals surface area contributed by atoms with Gasteiger partial charge >= 0.3 is 0 Å². The largest absolute Gasteiger partial charge is 0.352 e. The summed E-state index contributed by atoms with van der Waals surface area (Å²) in [7, 11) is 5.75. The van der Waals surface area contributed by atoms with E-state index < -0.39 is 0 Å². The minimum atomic E-state index is 0.722. The Morgan fingerprint density at radius 2 is 2.05 bits per heavy atom. The van der Waals surface area contributed by atoms with Gasteiger partial charge in [0.25, 0.3) is 0 Å². The average Bonchev–Trinajstić information content (AvgIpc) is 2.86. The standard InChI is InChI=1S/C15H21N5/c1-16-15(17-9-14-10-18-20(3)12-14)19(2)11-13-7-5-4-6-8-13/h4-8,10,12H,9,11H2,1-3H3,(H,16,17). The Hall–Kier alpha value is -2.30. The maximum Gasteiger partial charge on any atom is 0.193 e. The van der Waals surface area contributed by atoms with Crippen molar-refractivity contribution in [3.05, 3.63) is 53.9 Å². The number of nitrogens with one attached hydrogen (secondary N) is 1. The summed E-state index contributed by atoms with van der Waals surface area (Å²) in [6, 6.07) is 10.4. The SMILES string of the molecule is CN=C(NCc1cnn(C)c1)N(C)Cc1ccccc1. The maximum absolute atomic E-state index is 4.31. The monoisotopic (exact) mass is 271 g/mol. The molecule has 0 aliphatic carbocycles. The van der Waals surface area contributed by atoms with Gasteiger partial charge in [-0.2, -0.15) is 5.10 Å². The lowest BCUT2D eigenvalue weighted by Gasteiger charge is -2.22. The van der Waals surface area contributed by atoms with Crippen LogP contribution in [0.15, 0.2) is 47.7 Å². The Morgan fingerprint density at radius 1 is 1.30 bits per heavy atom. The van der Waals surface area contributed by atoms with Crippen LogP contribution in [0.4, 0.5) is 0 Å². The van der Waals surface area contributed by atoms with Gasteiger partial charge in [0.15, 0.2) is 5.96 Å². The van der Waals surface area contributed by atoms with Gasteiger partial charge in [0, 0.05) is 46.0 Å². The fourth-order valence-corrected chi connectivity index (χ4v) is 2.06. The molecule has 0 saturated heterocycles. The highest BCUT2D eigenvalue weighted by Crippen LogP contribution is 2.03. The summed E-state index contributed by atoms with van der Waals surface area (Å²) in [5.41, 5.74) is 2.40. The third kappa shape index (κ3) is 3.85. The molecule has 0 aliphatic heterocycles. The van der Waals surface area contributed by atoms with Crippen LogP contribution in [0.1, 0.15) is 11.1 Å². The van der Waals surface area contributed by atoms with Crippen LogP contribution in [0, 0.1) is 0 Å². The fraction of sp³-hybridized carbons (Fsp3) is 0.333. The van der Waals surface area contributed by atoms with Crippen molar-refractivity contribution in [1.82, 2.24) is 20.0 Å². The average molecular weight is 271 g/mol. The lowest BCUT2D eigenvalue weighted by Crippen LogP contribution is -2.37. The minimum absolute atomic E-state index is 0.722. The predicted molar refractivity (Wildman–Crippen MR) is 81.3 cm³/mol. The molecule has 0 fully saturated rings. The number of hydrogen-bond acceptors (Lipinski definition) is 2. The van der Waals surface area contributed by atoms with Gasteiger partial charge in [0.1, 0.15) is 0 Å². The number of hydrogen-bond donors (Lipinski definition) is 1. The highest BCUT2D eigenvalue weighted by molar-refractivity contribution is 5.79. The highest BCUT2D eigenvalue weighted by Gasteiger charge is 2.06. The van der Waals surface area contributed by atoms with Gasteiger partial charge in [-0.1, -0.05) is 30.3 Å². The van der Waals surface area contributed by atoms with Gasteiger partial charge in [-0.25, -0.2) is 0 Å². The van der Waals surface area contributed by atoms with E-state index in [-0.39, 0.29) is 0 Å². The topological polar surface area (TPSA) is 45.5 Å². The molecule has 0 saturated carbocycles. The first-order valence-corrected chi connectivity index (χ1v) is 6.62. The van der Waals surface area contributed by atoms with E-state index in [1.165, 1.54) is 5.56 Å². The molecule has 0 radical (unpaired) electrons. The van der Waals surface area contributed by atoms with Crippen molar-refractivity contribution in [1.29, 1.82) is 0 Å². The third-order valence-electron chi connectivity index (χ3n) is 3.04. The Labute approximate surface area is 119 Å². The van der Waals surface area contributed by atoms with Gasteiger partial charge in [-0.05, 0) is 5.56 Å². The first-order chi connectivity index (χ1) is 9.69. The lowest BCUT2D eigenvalue weighted by molar-refractivity contribution is 0.476. The van der Waals surface area contributed by atoms with Crippen molar-refractivity contribution >= 4 is 5.96 Å². The van der Waals surface area contributed by atoms with Crippen LogP contribution in [0.25, 0.3) is 0 Å². The molecule has 0 spiro atoms. The molecule has 0 bridgehead atoms. The van der Waals surface area contributed by atoms with E-state index in [2.05, 4.69) is 44.6 Å². The van der Waals surface area contributed by atoms with E-state index >= 15 is 0 Å². The van der Waals surface area contributed by atoms with Crippen molar-refractivity contribution in [2.75, 3.05) is 14.1 Å². The summed E-state index contributed by atoms with van der Waals surface area (Å²) in [6.45, 7) is 1.55. The Morgan fingerprint density at radius 3 is 2.65 bits per heavy atom. The number of nitrogens with zero attached hydrogens (tertiary/aromatic N) is 4. The van der Waals surface area contributed by atoms with E-state index in [1.54, 1.807) is 11.7 Å². The van der Waals surface area contributed by atoms with Crippen LogP contribution in [0.2, 0.25) is 0 Å². The van der Waals surface area contributed by atoms with Crippen LogP contribution in [0.5, 0.6) is 0 Å². The molecule has 5 heteroatoms. The first-order valence-electron chi connectivity index (χ1n) is 6.62. The minimum Gasteiger partial charge on any atom is -0.352 e. The van der Waals surface area contributed by atoms with Crippen molar-refractivity contribution in [2.24, 2.45) is 12.0 Å². The predicted octanol–water partition coefficient (Wildman–Crippen LogP) is 1.63. The second-order valence-electron chi connectivity index (χ2n) is 4.76. The number of aryl methyl sites for hydroxylation is 1. The molecule has 1 aromatic heterocycles. The Kier molecular flexibility index (Phi) is 4.76.